The van der Waals surface area contributed by atoms with Gasteiger partial charge < -0.3 is 10.7 Å². The number of hydrogen-bond acceptors (Lipinski definition) is 5. The Labute approximate surface area is 134 Å². The van der Waals surface area contributed by atoms with Crippen molar-refractivity contribution >= 4 is 44.9 Å². The van der Waals surface area contributed by atoms with Crippen LogP contribution in [0.5, 0.6) is 0 Å². The van der Waals surface area contributed by atoms with Gasteiger partial charge >= 0.3 is 0 Å². The third-order valence-corrected chi connectivity index (χ3v) is 3.37. The number of nitrogens with two attached hydrogens (primary N) is 1. The van der Waals surface area contributed by atoms with Crippen LogP contribution in [0.3, 0.4) is 0 Å². The first-order chi connectivity index (χ1) is 10.0. The van der Waals surface area contributed by atoms with Crippen LogP contribution in [-0.4, -0.2) is 10.9 Å². The first-order valence-corrected chi connectivity index (χ1v) is 6.85. The molecule has 4 N–H and O–H groups in total. The van der Waals surface area contributed by atoms with Crippen molar-refractivity contribution in [3.8, 4) is 6.07 Å². The molecular weight excluding hydrogens is 358 g/mol. The average molecular weight is 367 g/mol. The summed E-state index contributed by atoms with van der Waals surface area (Å²) in [6.07, 6.45) is 1.33. The zero-order valence-electron chi connectivity index (χ0n) is 10.5. The van der Waals surface area contributed by atoms with Crippen LogP contribution in [-0.2, 0) is 0 Å². The Hall–Kier alpha value is -2.14. The van der Waals surface area contributed by atoms with Crippen molar-refractivity contribution in [2.24, 2.45) is 5.84 Å². The Morgan fingerprint density at radius 1 is 1.43 bits per heavy atom. The van der Waals surface area contributed by atoms with Gasteiger partial charge in [-0.2, -0.15) is 5.26 Å². The first-order valence-electron chi connectivity index (χ1n) is 5.68. The smallest absolute Gasteiger partial charge is 0.257 e. The molecule has 21 heavy (non-hydrogen) atoms. The lowest BCUT2D eigenvalue weighted by molar-refractivity contribution is 0.102. The fraction of sp³-hybridized carbons (Fsp3) is 0. The van der Waals surface area contributed by atoms with Crippen molar-refractivity contribution < 1.29 is 4.79 Å². The van der Waals surface area contributed by atoms with Crippen molar-refractivity contribution in [2.45, 2.75) is 0 Å². The van der Waals surface area contributed by atoms with Crippen LogP contribution in [0.25, 0.3) is 0 Å². The number of halogens is 2. The Balaban J connectivity index is 2.28. The van der Waals surface area contributed by atoms with Crippen LogP contribution in [0.1, 0.15) is 15.9 Å². The molecule has 1 heterocycles. The minimum absolute atomic E-state index is 0.222. The van der Waals surface area contributed by atoms with Crippen LogP contribution in [0.15, 0.2) is 34.9 Å². The number of hydrazine groups is 1. The summed E-state index contributed by atoms with van der Waals surface area (Å²) in [4.78, 5) is 16.1. The molecule has 1 amide bonds. The van der Waals surface area contributed by atoms with Gasteiger partial charge in [0.1, 0.15) is 6.07 Å². The summed E-state index contributed by atoms with van der Waals surface area (Å²) in [7, 11) is 0. The van der Waals surface area contributed by atoms with Gasteiger partial charge in [-0.15, -0.1) is 0 Å². The lowest BCUT2D eigenvalue weighted by Crippen LogP contribution is -2.15. The SMILES string of the molecule is N#Cc1ccc(Br)cc1NC(=O)c1cnc(NN)c(Cl)c1. The van der Waals surface area contributed by atoms with E-state index in [2.05, 4.69) is 31.7 Å². The van der Waals surface area contributed by atoms with E-state index in [1.165, 1.54) is 12.3 Å². The molecular formula is C13H9BrClN5O. The molecule has 0 aliphatic rings. The lowest BCUT2D eigenvalue weighted by atomic mass is 10.2. The van der Waals surface area contributed by atoms with Gasteiger partial charge in [-0.1, -0.05) is 27.5 Å². The molecule has 0 aliphatic heterocycles. The summed E-state index contributed by atoms with van der Waals surface area (Å²) < 4.78 is 0.746. The molecule has 0 fully saturated rings. The molecule has 2 aromatic rings. The number of nitrogens with zero attached hydrogens (tertiary/aromatic N) is 2. The zero-order valence-corrected chi connectivity index (χ0v) is 12.9. The summed E-state index contributed by atoms with van der Waals surface area (Å²) in [5, 5.41) is 11.9. The second kappa shape index (κ2) is 6.54. The largest absolute Gasteiger partial charge is 0.321 e. The van der Waals surface area contributed by atoms with E-state index < -0.39 is 5.91 Å². The predicted molar refractivity (Wildman–Crippen MR) is 83.9 cm³/mol. The summed E-state index contributed by atoms with van der Waals surface area (Å²) in [6, 6.07) is 8.40. The van der Waals surface area contributed by atoms with Crippen LogP contribution >= 0.6 is 27.5 Å². The van der Waals surface area contributed by atoms with Gasteiger partial charge in [0.15, 0.2) is 5.82 Å². The quantitative estimate of drug-likeness (QED) is 0.572. The number of pyridine rings is 1. The van der Waals surface area contributed by atoms with E-state index in [9.17, 15) is 4.79 Å². The van der Waals surface area contributed by atoms with Gasteiger partial charge in [0.25, 0.3) is 5.91 Å². The summed E-state index contributed by atoms with van der Waals surface area (Å²) in [5.74, 6) is 5.06. The number of nitrogens with one attached hydrogen (secondary N) is 2. The van der Waals surface area contributed by atoms with E-state index in [0.717, 1.165) is 4.47 Å². The minimum Gasteiger partial charge on any atom is -0.321 e. The molecule has 0 unspecified atom stereocenters. The van der Waals surface area contributed by atoms with Crippen LogP contribution < -0.4 is 16.6 Å². The Bertz CT molecular complexity index is 744. The van der Waals surface area contributed by atoms with Gasteiger partial charge in [-0.3, -0.25) is 4.79 Å². The fourth-order valence-electron chi connectivity index (χ4n) is 1.58. The summed E-state index contributed by atoms with van der Waals surface area (Å²) in [6.45, 7) is 0. The number of carbonyl (C=O) groups excluding carboxylic acids is 1. The minimum atomic E-state index is -0.428. The number of rotatable bonds is 3. The maximum absolute atomic E-state index is 12.2. The van der Waals surface area contributed by atoms with Crippen molar-refractivity contribution in [3.63, 3.8) is 0 Å². The molecule has 8 heteroatoms. The number of nitriles is 1. The van der Waals surface area contributed by atoms with E-state index in [1.807, 2.05) is 6.07 Å². The maximum atomic E-state index is 12.2. The first kappa shape index (κ1) is 15.3. The van der Waals surface area contributed by atoms with Gasteiger partial charge in [0.2, 0.25) is 0 Å². The van der Waals surface area contributed by atoms with Gasteiger partial charge in [0, 0.05) is 10.7 Å². The lowest BCUT2D eigenvalue weighted by Gasteiger charge is -2.09. The molecule has 0 saturated heterocycles. The molecule has 106 valence electrons. The van der Waals surface area contributed by atoms with E-state index in [1.54, 1.807) is 18.2 Å². The summed E-state index contributed by atoms with van der Waals surface area (Å²) >= 11 is 9.20. The molecule has 0 bridgehead atoms. The molecule has 0 saturated carbocycles. The number of carbonyl (C=O) groups is 1. The van der Waals surface area contributed by atoms with Crippen molar-refractivity contribution in [1.82, 2.24) is 4.98 Å². The van der Waals surface area contributed by atoms with Gasteiger partial charge in [-0.05, 0) is 24.3 Å². The molecule has 1 aromatic heterocycles. The van der Waals surface area contributed by atoms with E-state index in [-0.39, 0.29) is 16.4 Å². The highest BCUT2D eigenvalue weighted by Gasteiger charge is 2.12. The highest BCUT2D eigenvalue weighted by molar-refractivity contribution is 9.10. The fourth-order valence-corrected chi connectivity index (χ4v) is 2.16. The third kappa shape index (κ3) is 3.49. The molecule has 0 radical (unpaired) electrons. The highest BCUT2D eigenvalue weighted by atomic mass is 79.9. The number of hydrogen-bond donors (Lipinski definition) is 3. The van der Waals surface area contributed by atoms with Crippen molar-refractivity contribution in [2.75, 3.05) is 10.7 Å². The molecule has 0 spiro atoms. The van der Waals surface area contributed by atoms with E-state index in [4.69, 9.17) is 22.7 Å². The zero-order chi connectivity index (χ0) is 15.4. The molecule has 6 nitrogen and oxygen atoms in total. The number of benzene rings is 1. The van der Waals surface area contributed by atoms with Crippen LogP contribution in [0, 0.1) is 11.3 Å². The normalized spacial score (nSPS) is 9.81. The predicted octanol–water partition coefficient (Wildman–Crippen LogP) is 2.91. The number of anilines is 2. The van der Waals surface area contributed by atoms with E-state index in [0.29, 0.717) is 11.3 Å². The maximum Gasteiger partial charge on any atom is 0.257 e. The third-order valence-electron chi connectivity index (χ3n) is 2.59. The summed E-state index contributed by atoms with van der Waals surface area (Å²) in [5.41, 5.74) is 3.32. The standard InChI is InChI=1S/C13H9BrClN5O/c14-9-2-1-7(5-16)11(4-9)19-13(21)8-3-10(15)12(20-17)18-6-8/h1-4,6H,17H2,(H,18,20)(H,19,21). The Morgan fingerprint density at radius 3 is 2.81 bits per heavy atom. The van der Waals surface area contributed by atoms with Gasteiger partial charge in [-0.25, -0.2) is 10.8 Å². The molecule has 0 atom stereocenters. The topological polar surface area (TPSA) is 104 Å². The second-order valence-electron chi connectivity index (χ2n) is 3.95. The van der Waals surface area contributed by atoms with E-state index >= 15 is 0 Å². The van der Waals surface area contributed by atoms with Gasteiger partial charge in [0.05, 0.1) is 21.8 Å². The number of nitrogen functional groups attached to an aromatic ring is 1. The number of amides is 1. The average Bonchev–Trinajstić information content (AvgIpc) is 2.47. The Morgan fingerprint density at radius 2 is 2.19 bits per heavy atom. The monoisotopic (exact) mass is 365 g/mol. The number of aromatic nitrogens is 1. The molecule has 1 aromatic carbocycles. The molecule has 0 aliphatic carbocycles. The Kier molecular flexibility index (Phi) is 4.75. The van der Waals surface area contributed by atoms with Crippen LogP contribution in [0.4, 0.5) is 11.5 Å². The highest BCUT2D eigenvalue weighted by Crippen LogP contribution is 2.23. The second-order valence-corrected chi connectivity index (χ2v) is 5.28. The van der Waals surface area contributed by atoms with Crippen molar-refractivity contribution in [3.05, 3.63) is 51.1 Å². The molecule has 2 rings (SSSR count). The van der Waals surface area contributed by atoms with Crippen molar-refractivity contribution in [1.29, 1.82) is 5.26 Å². The van der Waals surface area contributed by atoms with Crippen LogP contribution in [0.2, 0.25) is 5.02 Å².